The summed E-state index contributed by atoms with van der Waals surface area (Å²) in [7, 11) is 3.17. The van der Waals surface area contributed by atoms with E-state index >= 15 is 0 Å². The van der Waals surface area contributed by atoms with Crippen molar-refractivity contribution < 1.29 is 23.7 Å². The average Bonchev–Trinajstić information content (AvgIpc) is 3.11. The van der Waals surface area contributed by atoms with E-state index in [-0.39, 0.29) is 23.9 Å². The third-order valence-corrected chi connectivity index (χ3v) is 5.68. The molecule has 0 bridgehead atoms. The Morgan fingerprint density at radius 2 is 1.78 bits per heavy atom. The van der Waals surface area contributed by atoms with Crippen LogP contribution in [0.2, 0.25) is 0 Å². The van der Waals surface area contributed by atoms with Crippen LogP contribution in [0.3, 0.4) is 0 Å². The summed E-state index contributed by atoms with van der Waals surface area (Å²) in [4.78, 5) is 15.2. The third-order valence-electron chi connectivity index (χ3n) is 5.68. The maximum absolute atomic E-state index is 12.7. The van der Waals surface area contributed by atoms with Crippen molar-refractivity contribution in [2.45, 2.75) is 25.7 Å². The Labute approximate surface area is 195 Å². The Kier molecular flexibility index (Phi) is 8.42. The number of likely N-dealkylation sites (tertiary alicyclic amines) is 1. The lowest BCUT2D eigenvalue weighted by atomic mass is 10.1. The van der Waals surface area contributed by atoms with Gasteiger partial charge in [0.1, 0.15) is 11.5 Å². The summed E-state index contributed by atoms with van der Waals surface area (Å²) in [6.07, 6.45) is 6.65. The summed E-state index contributed by atoms with van der Waals surface area (Å²) in [6, 6.07) is 10.9. The molecule has 2 heterocycles. The Balaban J connectivity index is 0.00000289. The number of ether oxygens (including phenoxy) is 4. The van der Waals surface area contributed by atoms with E-state index in [4.69, 9.17) is 18.9 Å². The molecule has 0 N–H and O–H groups in total. The normalized spacial score (nSPS) is 16.8. The monoisotopic (exact) mass is 459 g/mol. The minimum Gasteiger partial charge on any atom is -0.493 e. The van der Waals surface area contributed by atoms with Crippen molar-refractivity contribution in [3.63, 3.8) is 0 Å². The smallest absolute Gasteiger partial charge is 0.231 e. The van der Waals surface area contributed by atoms with E-state index in [9.17, 15) is 4.79 Å². The molecule has 1 fully saturated rings. The zero-order valence-corrected chi connectivity index (χ0v) is 19.4. The quantitative estimate of drug-likeness (QED) is 0.409. The van der Waals surface area contributed by atoms with Gasteiger partial charge in [-0.1, -0.05) is 12.5 Å². The molecule has 172 valence electrons. The number of piperidine rings is 1. The lowest BCUT2D eigenvalue weighted by Gasteiger charge is -2.26. The summed E-state index contributed by atoms with van der Waals surface area (Å²) in [6.45, 7) is 4.11. The highest BCUT2D eigenvalue weighted by Gasteiger charge is 2.27. The number of allylic oxidation sites excluding steroid dienone is 1. The van der Waals surface area contributed by atoms with Crippen molar-refractivity contribution in [1.29, 1.82) is 0 Å². The first-order chi connectivity index (χ1) is 15.2. The number of hydrogen-bond acceptors (Lipinski definition) is 6. The van der Waals surface area contributed by atoms with Crippen LogP contribution in [0.15, 0.2) is 42.2 Å². The van der Waals surface area contributed by atoms with Crippen molar-refractivity contribution in [2.24, 2.45) is 0 Å². The van der Waals surface area contributed by atoms with Gasteiger partial charge in [0.25, 0.3) is 0 Å². The number of ketones is 1. The first-order valence-corrected chi connectivity index (χ1v) is 10.8. The highest BCUT2D eigenvalue weighted by atomic mass is 35.5. The molecule has 2 aliphatic heterocycles. The second kappa shape index (κ2) is 11.2. The SMILES string of the molecule is COc1ccc(/C=C2\Oc3cc(OCCCN4CCCCC4)ccc3C2=O)cc1OC.Cl. The standard InChI is InChI=1S/C25H29NO5.ClH/c1-28-21-10-7-18(15-23(21)29-2)16-24-25(27)20-9-8-19(17-22(20)31-24)30-14-6-13-26-11-4-3-5-12-26;/h7-10,15-17H,3-6,11-14H2,1-2H3;1H/b24-16-;. The molecule has 2 aliphatic rings. The number of halogens is 1. The Morgan fingerprint density at radius 1 is 1.00 bits per heavy atom. The maximum atomic E-state index is 12.7. The summed E-state index contributed by atoms with van der Waals surface area (Å²) in [5, 5.41) is 0. The minimum absolute atomic E-state index is 0. The number of methoxy groups -OCH3 is 2. The molecule has 7 heteroatoms. The minimum atomic E-state index is -0.138. The second-order valence-electron chi connectivity index (χ2n) is 7.82. The van der Waals surface area contributed by atoms with Gasteiger partial charge in [-0.15, -0.1) is 12.4 Å². The van der Waals surface area contributed by atoms with E-state index in [1.165, 1.54) is 32.4 Å². The fourth-order valence-electron chi connectivity index (χ4n) is 4.01. The van der Waals surface area contributed by atoms with Crippen LogP contribution in [0.4, 0.5) is 0 Å². The number of hydrogen-bond donors (Lipinski definition) is 0. The molecule has 6 nitrogen and oxygen atoms in total. The average molecular weight is 460 g/mol. The molecule has 1 saturated heterocycles. The number of carbonyl (C=O) groups excluding carboxylic acids is 1. The van der Waals surface area contributed by atoms with E-state index in [1.54, 1.807) is 38.5 Å². The first-order valence-electron chi connectivity index (χ1n) is 10.8. The maximum Gasteiger partial charge on any atom is 0.231 e. The molecule has 2 aromatic carbocycles. The third kappa shape index (κ3) is 5.56. The largest absolute Gasteiger partial charge is 0.493 e. The van der Waals surface area contributed by atoms with Crippen LogP contribution in [-0.4, -0.2) is 51.1 Å². The van der Waals surface area contributed by atoms with Crippen LogP contribution < -0.4 is 18.9 Å². The van der Waals surface area contributed by atoms with Crippen molar-refractivity contribution in [2.75, 3.05) is 40.5 Å². The zero-order valence-electron chi connectivity index (χ0n) is 18.6. The van der Waals surface area contributed by atoms with Gasteiger partial charge in [0, 0.05) is 12.6 Å². The van der Waals surface area contributed by atoms with Gasteiger partial charge in [-0.3, -0.25) is 4.79 Å². The van der Waals surface area contributed by atoms with Crippen molar-refractivity contribution in [3.8, 4) is 23.0 Å². The molecular weight excluding hydrogens is 430 g/mol. The summed E-state index contributed by atoms with van der Waals surface area (Å²) in [5.74, 6) is 2.63. The van der Waals surface area contributed by atoms with Crippen LogP contribution in [-0.2, 0) is 0 Å². The van der Waals surface area contributed by atoms with Crippen LogP contribution in [0.5, 0.6) is 23.0 Å². The predicted molar refractivity (Wildman–Crippen MR) is 127 cm³/mol. The van der Waals surface area contributed by atoms with Crippen molar-refractivity contribution in [1.82, 2.24) is 4.90 Å². The summed E-state index contributed by atoms with van der Waals surface area (Å²) in [5.41, 5.74) is 1.34. The molecule has 2 aromatic rings. The number of carbonyl (C=O) groups is 1. The Morgan fingerprint density at radius 3 is 2.53 bits per heavy atom. The Hall–Kier alpha value is -2.70. The van der Waals surface area contributed by atoms with Gasteiger partial charge in [0.05, 0.1) is 26.4 Å². The highest BCUT2D eigenvalue weighted by Crippen LogP contribution is 2.36. The second-order valence-corrected chi connectivity index (χ2v) is 7.82. The van der Waals surface area contributed by atoms with Gasteiger partial charge in [-0.05, 0) is 68.3 Å². The number of rotatable bonds is 8. The topological polar surface area (TPSA) is 57.2 Å². The van der Waals surface area contributed by atoms with Crippen LogP contribution in [0.1, 0.15) is 41.6 Å². The fourth-order valence-corrected chi connectivity index (χ4v) is 4.01. The number of fused-ring (bicyclic) bond motifs is 1. The molecule has 0 unspecified atom stereocenters. The van der Waals surface area contributed by atoms with Gasteiger partial charge in [-0.2, -0.15) is 0 Å². The van der Waals surface area contributed by atoms with E-state index in [1.807, 2.05) is 18.2 Å². The molecule has 0 spiro atoms. The lowest BCUT2D eigenvalue weighted by Crippen LogP contribution is -2.31. The van der Waals surface area contributed by atoms with Gasteiger partial charge in [0.2, 0.25) is 5.78 Å². The van der Waals surface area contributed by atoms with E-state index in [0.717, 1.165) is 24.3 Å². The van der Waals surface area contributed by atoms with Gasteiger partial charge >= 0.3 is 0 Å². The van der Waals surface area contributed by atoms with E-state index in [2.05, 4.69) is 4.90 Å². The fraction of sp³-hybridized carbons (Fsp3) is 0.400. The molecule has 0 radical (unpaired) electrons. The lowest BCUT2D eigenvalue weighted by molar-refractivity contribution is 0.101. The van der Waals surface area contributed by atoms with E-state index in [0.29, 0.717) is 29.4 Å². The molecule has 0 amide bonds. The highest BCUT2D eigenvalue weighted by molar-refractivity contribution is 6.14. The first kappa shape index (κ1) is 24.0. The van der Waals surface area contributed by atoms with E-state index < -0.39 is 0 Å². The molecular formula is C25H30ClNO5. The molecule has 32 heavy (non-hydrogen) atoms. The number of nitrogens with zero attached hydrogens (tertiary/aromatic N) is 1. The molecule has 0 aromatic heterocycles. The van der Waals surface area contributed by atoms with Gasteiger partial charge < -0.3 is 23.8 Å². The van der Waals surface area contributed by atoms with Gasteiger partial charge in [-0.25, -0.2) is 0 Å². The molecule has 0 saturated carbocycles. The van der Waals surface area contributed by atoms with Crippen LogP contribution in [0, 0.1) is 0 Å². The Bertz CT molecular complexity index is 969. The summed E-state index contributed by atoms with van der Waals surface area (Å²) < 4.78 is 22.3. The zero-order chi connectivity index (χ0) is 21.6. The predicted octanol–water partition coefficient (Wildman–Crippen LogP) is 5.00. The van der Waals surface area contributed by atoms with Crippen molar-refractivity contribution in [3.05, 3.63) is 53.3 Å². The number of benzene rings is 2. The molecule has 4 rings (SSSR count). The van der Waals surface area contributed by atoms with Gasteiger partial charge in [0.15, 0.2) is 17.3 Å². The molecule has 0 atom stereocenters. The van der Waals surface area contributed by atoms with Crippen LogP contribution in [0.25, 0.3) is 6.08 Å². The molecule has 0 aliphatic carbocycles. The number of Topliss-reactive ketones (excluding diaryl/α,β-unsaturated/α-hetero) is 1. The van der Waals surface area contributed by atoms with Crippen LogP contribution >= 0.6 is 12.4 Å². The van der Waals surface area contributed by atoms with Crippen molar-refractivity contribution >= 4 is 24.3 Å². The summed E-state index contributed by atoms with van der Waals surface area (Å²) >= 11 is 0.